The lowest BCUT2D eigenvalue weighted by Gasteiger charge is -2.37. The van der Waals surface area contributed by atoms with Crippen LogP contribution in [0, 0.1) is 0 Å². The van der Waals surface area contributed by atoms with Crippen molar-refractivity contribution in [3.8, 4) is 0 Å². The van der Waals surface area contributed by atoms with Gasteiger partial charge in [-0.15, -0.1) is 0 Å². The number of carbonyl (C=O) groups excluding carboxylic acids is 2. The lowest BCUT2D eigenvalue weighted by atomic mass is 10.1. The van der Waals surface area contributed by atoms with E-state index in [1.165, 1.54) is 0 Å². The number of Topliss-reactive ketones (excluding diaryl/α,β-unsaturated/α-hetero) is 1. The molecule has 1 fully saturated rings. The molecule has 3 heterocycles. The molecule has 0 aliphatic carbocycles. The van der Waals surface area contributed by atoms with Gasteiger partial charge in [-0.3, -0.25) is 19.4 Å². The molecule has 0 unspecified atom stereocenters. The monoisotopic (exact) mass is 322 g/mol. The largest absolute Gasteiger partial charge is 0.354 e. The first-order chi connectivity index (χ1) is 11.7. The van der Waals surface area contributed by atoms with E-state index >= 15 is 0 Å². The number of rotatable bonds is 3. The number of aromatic nitrogens is 1. The molecule has 0 atom stereocenters. The zero-order valence-corrected chi connectivity index (χ0v) is 13.3. The molecule has 6 heteroatoms. The maximum absolute atomic E-state index is 12.3. The van der Waals surface area contributed by atoms with E-state index in [1.54, 1.807) is 23.2 Å². The van der Waals surface area contributed by atoms with Crippen molar-refractivity contribution in [2.75, 3.05) is 42.6 Å². The number of pyridine rings is 1. The molecule has 1 aromatic heterocycles. The molecule has 2 aliphatic rings. The molecule has 0 saturated carbocycles. The minimum Gasteiger partial charge on any atom is -0.354 e. The van der Waals surface area contributed by atoms with E-state index in [9.17, 15) is 9.59 Å². The van der Waals surface area contributed by atoms with Gasteiger partial charge in [0.1, 0.15) is 5.82 Å². The summed E-state index contributed by atoms with van der Waals surface area (Å²) >= 11 is 0. The van der Waals surface area contributed by atoms with Gasteiger partial charge in [-0.1, -0.05) is 18.2 Å². The Hall–Kier alpha value is -2.73. The highest BCUT2D eigenvalue weighted by Gasteiger charge is 2.36. The van der Waals surface area contributed by atoms with Crippen LogP contribution in [0.1, 0.15) is 10.4 Å². The first-order valence-corrected chi connectivity index (χ1v) is 8.07. The Bertz CT molecular complexity index is 770. The van der Waals surface area contributed by atoms with Crippen LogP contribution in [0.3, 0.4) is 0 Å². The van der Waals surface area contributed by atoms with Gasteiger partial charge in [-0.25, -0.2) is 4.98 Å². The van der Waals surface area contributed by atoms with Crippen molar-refractivity contribution in [2.45, 2.75) is 0 Å². The maximum Gasteiger partial charge on any atom is 0.300 e. The third-order valence-corrected chi connectivity index (χ3v) is 4.57. The molecule has 0 spiro atoms. The van der Waals surface area contributed by atoms with Crippen LogP contribution in [-0.4, -0.2) is 54.4 Å². The van der Waals surface area contributed by atoms with E-state index < -0.39 is 11.7 Å². The van der Waals surface area contributed by atoms with Crippen LogP contribution in [0.15, 0.2) is 48.7 Å². The quantitative estimate of drug-likeness (QED) is 0.799. The van der Waals surface area contributed by atoms with Gasteiger partial charge >= 0.3 is 5.91 Å². The molecule has 24 heavy (non-hydrogen) atoms. The molecule has 4 rings (SSSR count). The maximum atomic E-state index is 12.3. The Kier molecular flexibility index (Phi) is 3.74. The molecule has 2 aliphatic heterocycles. The van der Waals surface area contributed by atoms with E-state index in [0.29, 0.717) is 12.2 Å². The number of hydrogen-bond donors (Lipinski definition) is 0. The first kappa shape index (κ1) is 14.8. The van der Waals surface area contributed by atoms with Gasteiger partial charge in [-0.05, 0) is 24.3 Å². The highest BCUT2D eigenvalue weighted by Crippen LogP contribution is 2.28. The molecule has 1 amide bonds. The highest BCUT2D eigenvalue weighted by molar-refractivity contribution is 6.52. The van der Waals surface area contributed by atoms with Crippen LogP contribution in [-0.2, 0) is 4.79 Å². The Balaban J connectivity index is 1.43. The van der Waals surface area contributed by atoms with E-state index in [2.05, 4.69) is 14.8 Å². The second-order valence-electron chi connectivity index (χ2n) is 6.01. The van der Waals surface area contributed by atoms with Crippen LogP contribution >= 0.6 is 0 Å². The smallest absolute Gasteiger partial charge is 0.300 e. The van der Waals surface area contributed by atoms with Crippen molar-refractivity contribution >= 4 is 23.2 Å². The van der Waals surface area contributed by atoms with Gasteiger partial charge in [0, 0.05) is 32.4 Å². The zero-order chi connectivity index (χ0) is 16.5. The summed E-state index contributed by atoms with van der Waals surface area (Å²) in [5.41, 5.74) is 1.23. The molecular formula is C18H18N4O2. The molecule has 0 radical (unpaired) electrons. The number of carbonyl (C=O) groups is 2. The lowest BCUT2D eigenvalue weighted by molar-refractivity contribution is -0.114. The van der Waals surface area contributed by atoms with Gasteiger partial charge in [0.05, 0.1) is 17.9 Å². The molecule has 122 valence electrons. The number of amides is 1. The molecular weight excluding hydrogens is 304 g/mol. The molecule has 2 aromatic rings. The van der Waals surface area contributed by atoms with Crippen molar-refractivity contribution < 1.29 is 9.59 Å². The number of anilines is 2. The Morgan fingerprint density at radius 1 is 0.917 bits per heavy atom. The number of hydrogen-bond acceptors (Lipinski definition) is 5. The fourth-order valence-electron chi connectivity index (χ4n) is 3.25. The Morgan fingerprint density at radius 3 is 2.42 bits per heavy atom. The van der Waals surface area contributed by atoms with Gasteiger partial charge in [0.2, 0.25) is 0 Å². The van der Waals surface area contributed by atoms with Gasteiger partial charge < -0.3 is 4.90 Å². The summed E-state index contributed by atoms with van der Waals surface area (Å²) in [6.07, 6.45) is 1.80. The van der Waals surface area contributed by atoms with Gasteiger partial charge in [0.15, 0.2) is 0 Å². The summed E-state index contributed by atoms with van der Waals surface area (Å²) in [5.74, 6) is 0.149. The zero-order valence-electron chi connectivity index (χ0n) is 13.3. The average molecular weight is 322 g/mol. The molecule has 1 saturated heterocycles. The minimum atomic E-state index is -0.427. The lowest BCUT2D eigenvalue weighted by Crippen LogP contribution is -2.51. The third kappa shape index (κ3) is 2.55. The van der Waals surface area contributed by atoms with E-state index in [4.69, 9.17) is 0 Å². The standard InChI is InChI=1S/C18H18N4O2/c23-17-14-5-1-2-6-15(14)22(18(17)24)13-20-9-11-21(12-10-20)16-7-3-4-8-19-16/h1-8H,9-13H2. The van der Waals surface area contributed by atoms with Gasteiger partial charge in [0.25, 0.3) is 5.78 Å². The number of nitrogens with zero attached hydrogens (tertiary/aromatic N) is 4. The van der Waals surface area contributed by atoms with Crippen LogP contribution in [0.2, 0.25) is 0 Å². The van der Waals surface area contributed by atoms with Crippen molar-refractivity contribution in [3.63, 3.8) is 0 Å². The predicted molar refractivity (Wildman–Crippen MR) is 91.1 cm³/mol. The van der Waals surface area contributed by atoms with Gasteiger partial charge in [-0.2, -0.15) is 0 Å². The third-order valence-electron chi connectivity index (χ3n) is 4.57. The predicted octanol–water partition coefficient (Wildman–Crippen LogP) is 1.39. The van der Waals surface area contributed by atoms with E-state index in [1.807, 2.05) is 30.3 Å². The topological polar surface area (TPSA) is 56.8 Å². The SMILES string of the molecule is O=C1C(=O)N(CN2CCN(c3ccccn3)CC2)c2ccccc21. The van der Waals surface area contributed by atoms with Crippen molar-refractivity contribution in [2.24, 2.45) is 0 Å². The molecule has 6 nitrogen and oxygen atoms in total. The van der Waals surface area contributed by atoms with E-state index in [0.717, 1.165) is 37.7 Å². The average Bonchev–Trinajstić information content (AvgIpc) is 2.88. The Morgan fingerprint density at radius 2 is 1.67 bits per heavy atom. The van der Waals surface area contributed by atoms with Crippen molar-refractivity contribution in [1.82, 2.24) is 9.88 Å². The summed E-state index contributed by atoms with van der Waals surface area (Å²) in [6.45, 7) is 3.83. The van der Waals surface area contributed by atoms with Crippen LogP contribution < -0.4 is 9.80 Å². The number of ketones is 1. The number of para-hydroxylation sites is 1. The summed E-state index contributed by atoms with van der Waals surface area (Å²) in [6, 6.07) is 13.1. The molecule has 0 N–H and O–H groups in total. The minimum absolute atomic E-state index is 0.405. The van der Waals surface area contributed by atoms with E-state index in [-0.39, 0.29) is 0 Å². The normalized spacial score (nSPS) is 18.2. The molecule has 0 bridgehead atoms. The Labute approximate surface area is 140 Å². The molecule has 1 aromatic carbocycles. The fraction of sp³-hybridized carbons (Fsp3) is 0.278. The first-order valence-electron chi connectivity index (χ1n) is 8.07. The summed E-state index contributed by atoms with van der Waals surface area (Å²) in [7, 11) is 0. The number of benzene rings is 1. The highest BCUT2D eigenvalue weighted by atomic mass is 16.2. The summed E-state index contributed by atoms with van der Waals surface area (Å²) in [4.78, 5) is 34.7. The number of piperazine rings is 1. The summed E-state index contributed by atoms with van der Waals surface area (Å²) in [5, 5.41) is 0. The van der Waals surface area contributed by atoms with Crippen LogP contribution in [0.5, 0.6) is 0 Å². The van der Waals surface area contributed by atoms with Crippen LogP contribution in [0.4, 0.5) is 11.5 Å². The van der Waals surface area contributed by atoms with Crippen molar-refractivity contribution in [1.29, 1.82) is 0 Å². The summed E-state index contributed by atoms with van der Waals surface area (Å²) < 4.78 is 0. The van der Waals surface area contributed by atoms with Crippen molar-refractivity contribution in [3.05, 3.63) is 54.2 Å². The fourth-order valence-corrected chi connectivity index (χ4v) is 3.25. The second-order valence-corrected chi connectivity index (χ2v) is 6.01. The van der Waals surface area contributed by atoms with Crippen LogP contribution in [0.25, 0.3) is 0 Å². The number of fused-ring (bicyclic) bond motifs is 1. The second kappa shape index (κ2) is 6.05.